The van der Waals surface area contributed by atoms with Crippen molar-refractivity contribution in [3.63, 3.8) is 0 Å². The molecule has 122 valence electrons. The third kappa shape index (κ3) is 3.76. The number of halogens is 2. The number of carboxylic acids is 1. The van der Waals surface area contributed by atoms with Crippen molar-refractivity contribution in [1.82, 2.24) is 9.97 Å². The van der Waals surface area contributed by atoms with Crippen LogP contribution in [0.1, 0.15) is 5.56 Å². The van der Waals surface area contributed by atoms with E-state index in [0.29, 0.717) is 18.8 Å². The van der Waals surface area contributed by atoms with E-state index < -0.39 is 5.97 Å². The molecule has 0 aliphatic heterocycles. The number of imidazole rings is 1. The van der Waals surface area contributed by atoms with Gasteiger partial charge in [-0.2, -0.15) is 0 Å². The first-order chi connectivity index (χ1) is 11.4. The van der Waals surface area contributed by atoms with Crippen molar-refractivity contribution in [2.45, 2.75) is 5.16 Å². The molecule has 3 aromatic rings. The molecule has 8 heteroatoms. The van der Waals surface area contributed by atoms with Crippen LogP contribution in [0, 0.1) is 3.57 Å². The number of phenolic OH excluding ortho intramolecular Hbond substituents is 1. The fourth-order valence-electron chi connectivity index (χ4n) is 2.04. The number of nitrogens with zero attached hydrogens (tertiary/aromatic N) is 1. The second-order valence-corrected chi connectivity index (χ2v) is 7.86. The number of hydrogen-bond donors (Lipinski definition) is 3. The Hall–Kier alpha value is -1.52. The smallest absolute Gasteiger partial charge is 0.342 e. The Morgan fingerprint density at radius 2 is 2.08 bits per heavy atom. The largest absolute Gasteiger partial charge is 0.506 e. The van der Waals surface area contributed by atoms with E-state index in [1.165, 1.54) is 0 Å². The molecule has 5 nitrogen and oxygen atoms in total. The number of carbonyl (C=O) groups is 1. The van der Waals surface area contributed by atoms with Crippen molar-refractivity contribution < 1.29 is 15.0 Å². The van der Waals surface area contributed by atoms with Crippen LogP contribution in [0.15, 0.2) is 50.9 Å². The Morgan fingerprint density at radius 1 is 1.33 bits per heavy atom. The molecule has 3 N–H and O–H groups in total. The standard InChI is InChI=1S/C16H10BrIN2O3S/c17-9-5-8(6-10(18)14(9)21)7-13(15(22)23)24-16-19-11-3-1-2-4-12(11)20-16/h1-7,21H,(H,19,20)(H,22,23)/b13-7-. The molecular formula is C16H10BrIN2O3S. The molecule has 0 aliphatic rings. The van der Waals surface area contributed by atoms with Gasteiger partial charge in [0.15, 0.2) is 5.16 Å². The molecule has 0 saturated carbocycles. The predicted octanol–water partition coefficient (Wildman–Crippen LogP) is 4.85. The number of aromatic amines is 1. The predicted molar refractivity (Wildman–Crippen MR) is 106 cm³/mol. The summed E-state index contributed by atoms with van der Waals surface area (Å²) in [6, 6.07) is 10.9. The Balaban J connectivity index is 1.96. The number of carboxylic acid groups (broad SMARTS) is 1. The molecule has 0 fully saturated rings. The fraction of sp³-hybridized carbons (Fsp3) is 0. The lowest BCUT2D eigenvalue weighted by atomic mass is 10.2. The summed E-state index contributed by atoms with van der Waals surface area (Å²) in [7, 11) is 0. The molecule has 0 aliphatic carbocycles. The molecule has 1 heterocycles. The van der Waals surface area contributed by atoms with E-state index in [-0.39, 0.29) is 10.7 Å². The zero-order chi connectivity index (χ0) is 17.3. The summed E-state index contributed by atoms with van der Waals surface area (Å²) in [6.07, 6.45) is 1.55. The molecule has 0 spiro atoms. The van der Waals surface area contributed by atoms with Gasteiger partial charge in [-0.15, -0.1) is 0 Å². The summed E-state index contributed by atoms with van der Waals surface area (Å²) in [5.41, 5.74) is 2.31. The normalized spacial score (nSPS) is 11.8. The van der Waals surface area contributed by atoms with Crippen LogP contribution < -0.4 is 0 Å². The Morgan fingerprint density at radius 3 is 2.75 bits per heavy atom. The number of hydrogen-bond acceptors (Lipinski definition) is 4. The maximum Gasteiger partial charge on any atom is 0.342 e. The van der Waals surface area contributed by atoms with Crippen molar-refractivity contribution in [2.75, 3.05) is 0 Å². The number of thioether (sulfide) groups is 1. The molecular weight excluding hydrogens is 507 g/mol. The van der Waals surface area contributed by atoms with E-state index in [1.54, 1.807) is 18.2 Å². The number of aliphatic carboxylic acids is 1. The molecule has 3 rings (SSSR count). The maximum absolute atomic E-state index is 11.6. The highest BCUT2D eigenvalue weighted by atomic mass is 127. The average Bonchev–Trinajstić information content (AvgIpc) is 2.94. The van der Waals surface area contributed by atoms with Crippen molar-refractivity contribution in [2.24, 2.45) is 0 Å². The van der Waals surface area contributed by atoms with E-state index in [2.05, 4.69) is 25.9 Å². The number of phenols is 1. The number of benzene rings is 2. The van der Waals surface area contributed by atoms with Gasteiger partial charge in [-0.3, -0.25) is 0 Å². The lowest BCUT2D eigenvalue weighted by Gasteiger charge is -2.04. The molecule has 0 radical (unpaired) electrons. The van der Waals surface area contributed by atoms with Crippen LogP contribution in [0.4, 0.5) is 0 Å². The molecule has 1 aromatic heterocycles. The lowest BCUT2D eigenvalue weighted by molar-refractivity contribution is -0.131. The second-order valence-electron chi connectivity index (χ2n) is 4.81. The summed E-state index contributed by atoms with van der Waals surface area (Å²) in [6.45, 7) is 0. The minimum Gasteiger partial charge on any atom is -0.506 e. The van der Waals surface area contributed by atoms with Crippen molar-refractivity contribution in [3.05, 3.63) is 54.9 Å². The highest BCUT2D eigenvalue weighted by Gasteiger charge is 2.14. The highest BCUT2D eigenvalue weighted by Crippen LogP contribution is 2.33. The number of H-pyrrole nitrogens is 1. The van der Waals surface area contributed by atoms with Gasteiger partial charge < -0.3 is 15.2 Å². The van der Waals surface area contributed by atoms with Crippen LogP contribution in [-0.2, 0) is 4.79 Å². The Bertz CT molecular complexity index is 915. The van der Waals surface area contributed by atoms with Gasteiger partial charge >= 0.3 is 5.97 Å². The molecule has 2 aromatic carbocycles. The van der Waals surface area contributed by atoms with E-state index in [0.717, 1.165) is 22.8 Å². The van der Waals surface area contributed by atoms with Gasteiger partial charge in [0.05, 0.1) is 19.1 Å². The van der Waals surface area contributed by atoms with Gasteiger partial charge in [-0.25, -0.2) is 9.78 Å². The summed E-state index contributed by atoms with van der Waals surface area (Å²) < 4.78 is 1.14. The van der Waals surface area contributed by atoms with Gasteiger partial charge in [0.1, 0.15) is 10.7 Å². The third-order valence-corrected chi connectivity index (χ3v) is 5.45. The number of fused-ring (bicyclic) bond motifs is 1. The summed E-state index contributed by atoms with van der Waals surface area (Å²) in [5, 5.41) is 19.8. The second kappa shape index (κ2) is 7.16. The van der Waals surface area contributed by atoms with Gasteiger partial charge in [-0.05, 0) is 86.2 Å². The van der Waals surface area contributed by atoms with Crippen LogP contribution in [-0.4, -0.2) is 26.2 Å². The molecule has 0 amide bonds. The zero-order valence-corrected chi connectivity index (χ0v) is 16.5. The quantitative estimate of drug-likeness (QED) is 0.262. The molecule has 0 saturated heterocycles. The number of para-hydroxylation sites is 2. The third-order valence-electron chi connectivity index (χ3n) is 3.12. The van der Waals surface area contributed by atoms with Crippen LogP contribution >= 0.6 is 50.3 Å². The van der Waals surface area contributed by atoms with Gasteiger partial charge in [0.25, 0.3) is 0 Å². The van der Waals surface area contributed by atoms with Crippen LogP contribution in [0.2, 0.25) is 0 Å². The summed E-state index contributed by atoms with van der Waals surface area (Å²) >= 11 is 6.30. The van der Waals surface area contributed by atoms with Crippen LogP contribution in [0.5, 0.6) is 5.75 Å². The Labute approximate surface area is 163 Å². The zero-order valence-electron chi connectivity index (χ0n) is 12.0. The summed E-state index contributed by atoms with van der Waals surface area (Å²) in [5.74, 6) is -0.908. The number of nitrogens with one attached hydrogen (secondary N) is 1. The number of rotatable bonds is 4. The number of aromatic hydroxyl groups is 1. The first-order valence-electron chi connectivity index (χ1n) is 6.69. The van der Waals surface area contributed by atoms with Crippen molar-refractivity contribution in [3.8, 4) is 5.75 Å². The lowest BCUT2D eigenvalue weighted by Crippen LogP contribution is -1.97. The monoisotopic (exact) mass is 516 g/mol. The van der Waals surface area contributed by atoms with E-state index in [9.17, 15) is 15.0 Å². The summed E-state index contributed by atoms with van der Waals surface area (Å²) in [4.78, 5) is 19.2. The fourth-order valence-corrected chi connectivity index (χ4v) is 4.33. The molecule has 0 atom stereocenters. The van der Waals surface area contributed by atoms with Crippen molar-refractivity contribution in [1.29, 1.82) is 0 Å². The van der Waals surface area contributed by atoms with E-state index >= 15 is 0 Å². The van der Waals surface area contributed by atoms with Gasteiger partial charge in [-0.1, -0.05) is 12.1 Å². The van der Waals surface area contributed by atoms with Gasteiger partial charge in [0.2, 0.25) is 0 Å². The van der Waals surface area contributed by atoms with E-state index in [1.807, 2.05) is 46.9 Å². The molecule has 0 bridgehead atoms. The van der Waals surface area contributed by atoms with Crippen LogP contribution in [0.25, 0.3) is 17.1 Å². The SMILES string of the molecule is O=C(O)/C(=C/c1cc(Br)c(O)c(I)c1)Sc1nc2ccccc2[nH]1. The first-order valence-corrected chi connectivity index (χ1v) is 9.38. The Kier molecular flexibility index (Phi) is 5.16. The average molecular weight is 517 g/mol. The molecule has 0 unspecified atom stereocenters. The minimum absolute atomic E-state index is 0.127. The number of aromatic nitrogens is 2. The van der Waals surface area contributed by atoms with Gasteiger partial charge in [0, 0.05) is 0 Å². The first kappa shape index (κ1) is 17.3. The van der Waals surface area contributed by atoms with Crippen molar-refractivity contribution >= 4 is 73.4 Å². The molecule has 24 heavy (non-hydrogen) atoms. The highest BCUT2D eigenvalue weighted by molar-refractivity contribution is 14.1. The maximum atomic E-state index is 11.6. The minimum atomic E-state index is -1.04. The topological polar surface area (TPSA) is 86.2 Å². The van der Waals surface area contributed by atoms with E-state index in [4.69, 9.17) is 0 Å². The van der Waals surface area contributed by atoms with Crippen LogP contribution in [0.3, 0.4) is 0 Å².